The number of rotatable bonds is 4. The van der Waals surface area contributed by atoms with E-state index in [2.05, 4.69) is 10.2 Å². The molecule has 0 spiro atoms. The second-order valence-electron chi connectivity index (χ2n) is 2.11. The van der Waals surface area contributed by atoms with Gasteiger partial charge in [0.15, 0.2) is 4.34 Å². The van der Waals surface area contributed by atoms with Gasteiger partial charge < -0.3 is 5.73 Å². The minimum absolute atomic E-state index is 0.607. The van der Waals surface area contributed by atoms with Crippen LogP contribution < -0.4 is 5.73 Å². The van der Waals surface area contributed by atoms with Gasteiger partial charge in [-0.15, -0.1) is 10.2 Å². The number of hydrogen-bond acceptors (Lipinski definition) is 5. The van der Waals surface area contributed by atoms with E-state index < -0.39 is 0 Å². The van der Waals surface area contributed by atoms with Crippen molar-refractivity contribution < 1.29 is 0 Å². The van der Waals surface area contributed by atoms with Gasteiger partial charge in [-0.1, -0.05) is 35.3 Å². The Hall–Kier alpha value is -0.390. The summed E-state index contributed by atoms with van der Waals surface area (Å²) in [5.41, 5.74) is 5.29. The van der Waals surface area contributed by atoms with Crippen molar-refractivity contribution in [1.29, 1.82) is 0 Å². The van der Waals surface area contributed by atoms with E-state index in [0.29, 0.717) is 6.54 Å². The first-order chi connectivity index (χ1) is 5.83. The minimum Gasteiger partial charge on any atom is -0.327 e. The van der Waals surface area contributed by atoms with Gasteiger partial charge in [0.2, 0.25) is 0 Å². The lowest BCUT2D eigenvalue weighted by molar-refractivity contribution is 0.984. The van der Waals surface area contributed by atoms with E-state index in [1.165, 1.54) is 0 Å². The first-order valence-electron chi connectivity index (χ1n) is 3.61. The van der Waals surface area contributed by atoms with E-state index in [9.17, 15) is 0 Å². The molecule has 12 heavy (non-hydrogen) atoms. The van der Waals surface area contributed by atoms with E-state index in [4.69, 9.17) is 5.73 Å². The molecule has 2 N–H and O–H groups in total. The molecule has 3 nitrogen and oxygen atoms in total. The quantitative estimate of drug-likeness (QED) is 0.592. The molecule has 0 saturated carbocycles. The van der Waals surface area contributed by atoms with E-state index in [1.54, 1.807) is 23.1 Å². The Kier molecular flexibility index (Phi) is 4.27. The molecule has 0 saturated heterocycles. The average Bonchev–Trinajstić information content (AvgIpc) is 2.45. The van der Waals surface area contributed by atoms with Crippen LogP contribution in [0.3, 0.4) is 0 Å². The molecule has 0 aliphatic rings. The van der Waals surface area contributed by atoms with Crippen LogP contribution >= 0.6 is 23.1 Å². The Balaban J connectivity index is 2.28. The number of nitrogens with two attached hydrogens (primary N) is 1. The normalized spacial score (nSPS) is 11.2. The molecule has 66 valence electrons. The highest BCUT2D eigenvalue weighted by Crippen LogP contribution is 2.21. The first-order valence-corrected chi connectivity index (χ1v) is 5.41. The SMILES string of the molecule is Cc1nnc(SCC=CCN)s1. The summed E-state index contributed by atoms with van der Waals surface area (Å²) in [4.78, 5) is 0. The summed E-state index contributed by atoms with van der Waals surface area (Å²) in [7, 11) is 0. The molecule has 0 amide bonds. The molecule has 0 fully saturated rings. The highest BCUT2D eigenvalue weighted by Gasteiger charge is 1.97. The van der Waals surface area contributed by atoms with Crippen molar-refractivity contribution in [2.45, 2.75) is 11.3 Å². The Labute approximate surface area is 80.1 Å². The topological polar surface area (TPSA) is 51.8 Å². The van der Waals surface area contributed by atoms with Crippen LogP contribution in [0, 0.1) is 6.92 Å². The summed E-state index contributed by atoms with van der Waals surface area (Å²) in [5, 5.41) is 8.91. The zero-order chi connectivity index (χ0) is 8.81. The second kappa shape index (κ2) is 5.29. The highest BCUT2D eigenvalue weighted by molar-refractivity contribution is 8.01. The van der Waals surface area contributed by atoms with E-state index in [0.717, 1.165) is 15.1 Å². The summed E-state index contributed by atoms with van der Waals surface area (Å²) in [5.74, 6) is 0.922. The van der Waals surface area contributed by atoms with E-state index >= 15 is 0 Å². The van der Waals surface area contributed by atoms with Crippen molar-refractivity contribution in [2.75, 3.05) is 12.3 Å². The van der Waals surface area contributed by atoms with Gasteiger partial charge in [0.25, 0.3) is 0 Å². The van der Waals surface area contributed by atoms with Crippen LogP contribution in [0.25, 0.3) is 0 Å². The molecule has 0 unspecified atom stereocenters. The summed E-state index contributed by atoms with van der Waals surface area (Å²) in [6.45, 7) is 2.56. The summed E-state index contributed by atoms with van der Waals surface area (Å²) in [6, 6.07) is 0. The van der Waals surface area contributed by atoms with Crippen LogP contribution in [0.15, 0.2) is 16.5 Å². The number of aryl methyl sites for hydroxylation is 1. The number of thioether (sulfide) groups is 1. The van der Waals surface area contributed by atoms with Gasteiger partial charge in [-0.2, -0.15) is 0 Å². The summed E-state index contributed by atoms with van der Waals surface area (Å²) >= 11 is 3.31. The van der Waals surface area contributed by atoms with Crippen LogP contribution in [0.4, 0.5) is 0 Å². The molecule has 0 bridgehead atoms. The third-order valence-corrected chi connectivity index (χ3v) is 3.04. The highest BCUT2D eigenvalue weighted by atomic mass is 32.2. The zero-order valence-corrected chi connectivity index (χ0v) is 8.49. The Morgan fingerprint density at radius 1 is 1.50 bits per heavy atom. The van der Waals surface area contributed by atoms with Crippen LogP contribution in [0.2, 0.25) is 0 Å². The monoisotopic (exact) mass is 201 g/mol. The van der Waals surface area contributed by atoms with Crippen LogP contribution in [0.1, 0.15) is 5.01 Å². The van der Waals surface area contributed by atoms with Gasteiger partial charge in [-0.05, 0) is 6.92 Å². The molecular weight excluding hydrogens is 190 g/mol. The number of aromatic nitrogens is 2. The third kappa shape index (κ3) is 3.34. The fraction of sp³-hybridized carbons (Fsp3) is 0.429. The Morgan fingerprint density at radius 2 is 2.33 bits per heavy atom. The van der Waals surface area contributed by atoms with Crippen molar-refractivity contribution in [1.82, 2.24) is 10.2 Å². The van der Waals surface area contributed by atoms with Crippen molar-refractivity contribution in [2.24, 2.45) is 5.73 Å². The standard InChI is InChI=1S/C7H11N3S2/c1-6-9-10-7(12-6)11-5-3-2-4-8/h2-3H,4-5,8H2,1H3. The Morgan fingerprint density at radius 3 is 2.92 bits per heavy atom. The number of hydrogen-bond donors (Lipinski definition) is 1. The number of nitrogens with zero attached hydrogens (tertiary/aromatic N) is 2. The molecule has 0 aliphatic carbocycles. The third-order valence-electron chi connectivity index (χ3n) is 1.11. The van der Waals surface area contributed by atoms with E-state index in [-0.39, 0.29) is 0 Å². The maximum absolute atomic E-state index is 5.29. The van der Waals surface area contributed by atoms with E-state index in [1.807, 2.05) is 19.1 Å². The molecule has 0 radical (unpaired) electrons. The summed E-state index contributed by atoms with van der Waals surface area (Å²) < 4.78 is 1.02. The maximum Gasteiger partial charge on any atom is 0.174 e. The zero-order valence-electron chi connectivity index (χ0n) is 6.86. The maximum atomic E-state index is 5.29. The van der Waals surface area contributed by atoms with Crippen LogP contribution in [-0.2, 0) is 0 Å². The predicted octanol–water partition coefficient (Wildman–Crippen LogP) is 1.45. The fourth-order valence-electron chi connectivity index (χ4n) is 0.620. The van der Waals surface area contributed by atoms with Gasteiger partial charge in [0.1, 0.15) is 5.01 Å². The lowest BCUT2D eigenvalue weighted by atomic mass is 10.5. The molecule has 1 aromatic rings. The van der Waals surface area contributed by atoms with Gasteiger partial charge >= 0.3 is 0 Å². The van der Waals surface area contributed by atoms with Gasteiger partial charge in [-0.3, -0.25) is 0 Å². The van der Waals surface area contributed by atoms with Crippen molar-refractivity contribution in [3.05, 3.63) is 17.2 Å². The second-order valence-corrected chi connectivity index (χ2v) is 4.55. The molecule has 0 atom stereocenters. The van der Waals surface area contributed by atoms with Gasteiger partial charge in [0, 0.05) is 12.3 Å². The Bertz CT molecular complexity index is 257. The molecule has 0 aromatic carbocycles. The minimum atomic E-state index is 0.607. The molecule has 1 heterocycles. The molecule has 0 aliphatic heterocycles. The lowest BCUT2D eigenvalue weighted by Crippen LogP contribution is -1.92. The first kappa shape index (κ1) is 9.70. The smallest absolute Gasteiger partial charge is 0.174 e. The van der Waals surface area contributed by atoms with Crippen molar-refractivity contribution >= 4 is 23.1 Å². The predicted molar refractivity (Wildman–Crippen MR) is 53.6 cm³/mol. The molecule has 1 aromatic heterocycles. The van der Waals surface area contributed by atoms with Gasteiger partial charge in [0.05, 0.1) is 0 Å². The fourth-order valence-corrected chi connectivity index (χ4v) is 2.31. The van der Waals surface area contributed by atoms with Crippen molar-refractivity contribution in [3.8, 4) is 0 Å². The molecule has 1 rings (SSSR count). The largest absolute Gasteiger partial charge is 0.327 e. The van der Waals surface area contributed by atoms with Gasteiger partial charge in [-0.25, -0.2) is 0 Å². The molecule has 5 heteroatoms. The molecular formula is C7H11N3S2. The van der Waals surface area contributed by atoms with Crippen molar-refractivity contribution in [3.63, 3.8) is 0 Å². The lowest BCUT2D eigenvalue weighted by Gasteiger charge is -1.87. The summed E-state index contributed by atoms with van der Waals surface area (Å²) in [6.07, 6.45) is 3.99. The van der Waals surface area contributed by atoms with Crippen LogP contribution in [0.5, 0.6) is 0 Å². The van der Waals surface area contributed by atoms with Crippen LogP contribution in [-0.4, -0.2) is 22.5 Å². The average molecular weight is 201 g/mol.